The molecule has 6 heteroatoms. The standard InChI is InChI=1S/C15H13BrF3NO/c1-9-12(16)5-6-14(20(9)8-15(18)19)11-4-3-10(21-2)7-13(11)17/h3-7,15H,1,8H2,2H3. The average Bonchev–Trinajstić information content (AvgIpc) is 2.44. The van der Waals surface area contributed by atoms with Gasteiger partial charge < -0.3 is 9.64 Å². The summed E-state index contributed by atoms with van der Waals surface area (Å²) in [6.07, 6.45) is 0.667. The second kappa shape index (κ2) is 6.39. The number of hydrogen-bond donors (Lipinski definition) is 0. The Kier molecular flexibility index (Phi) is 4.77. The van der Waals surface area contributed by atoms with Crippen molar-refractivity contribution in [3.8, 4) is 5.75 Å². The lowest BCUT2D eigenvalue weighted by atomic mass is 10.1. The minimum absolute atomic E-state index is 0.217. The third kappa shape index (κ3) is 3.32. The highest BCUT2D eigenvalue weighted by molar-refractivity contribution is 9.12. The molecule has 1 aliphatic heterocycles. The Morgan fingerprint density at radius 1 is 1.33 bits per heavy atom. The van der Waals surface area contributed by atoms with E-state index < -0.39 is 18.8 Å². The predicted molar refractivity (Wildman–Crippen MR) is 79.8 cm³/mol. The largest absolute Gasteiger partial charge is 0.497 e. The number of alkyl halides is 2. The van der Waals surface area contributed by atoms with Crippen LogP contribution in [-0.2, 0) is 0 Å². The zero-order chi connectivity index (χ0) is 15.6. The van der Waals surface area contributed by atoms with Crippen LogP contribution in [0.25, 0.3) is 5.70 Å². The van der Waals surface area contributed by atoms with Crippen molar-refractivity contribution in [3.05, 3.63) is 58.5 Å². The monoisotopic (exact) mass is 359 g/mol. The van der Waals surface area contributed by atoms with Gasteiger partial charge in [0.2, 0.25) is 0 Å². The first-order chi connectivity index (χ1) is 9.93. The van der Waals surface area contributed by atoms with Gasteiger partial charge in [-0.1, -0.05) is 6.58 Å². The second-order valence-electron chi connectivity index (χ2n) is 4.36. The SMILES string of the molecule is C=C1C(Br)=CC=C(c2ccc(OC)cc2F)N1CC(F)F. The fourth-order valence-corrected chi connectivity index (χ4v) is 2.37. The van der Waals surface area contributed by atoms with E-state index in [-0.39, 0.29) is 5.56 Å². The molecule has 0 fully saturated rings. The van der Waals surface area contributed by atoms with Crippen molar-refractivity contribution in [2.75, 3.05) is 13.7 Å². The van der Waals surface area contributed by atoms with Crippen LogP contribution in [0.15, 0.2) is 47.1 Å². The Morgan fingerprint density at radius 3 is 2.62 bits per heavy atom. The van der Waals surface area contributed by atoms with E-state index in [4.69, 9.17) is 4.74 Å². The molecule has 0 bridgehead atoms. The van der Waals surface area contributed by atoms with Crippen LogP contribution >= 0.6 is 15.9 Å². The molecule has 0 unspecified atom stereocenters. The Labute approximate surface area is 129 Å². The lowest BCUT2D eigenvalue weighted by Crippen LogP contribution is -2.28. The first kappa shape index (κ1) is 15.7. The normalized spacial score (nSPS) is 15.1. The number of halogens is 4. The van der Waals surface area contributed by atoms with E-state index in [0.717, 1.165) is 0 Å². The maximum absolute atomic E-state index is 14.2. The highest BCUT2D eigenvalue weighted by Crippen LogP contribution is 2.35. The van der Waals surface area contributed by atoms with Crippen molar-refractivity contribution in [1.82, 2.24) is 4.90 Å². The summed E-state index contributed by atoms with van der Waals surface area (Å²) in [5.74, 6) is -0.178. The lowest BCUT2D eigenvalue weighted by Gasteiger charge is -2.31. The molecule has 112 valence electrons. The van der Waals surface area contributed by atoms with Gasteiger partial charge in [-0.2, -0.15) is 0 Å². The Hall–Kier alpha value is -1.69. The number of nitrogens with zero attached hydrogens (tertiary/aromatic N) is 1. The van der Waals surface area contributed by atoms with Crippen molar-refractivity contribution in [1.29, 1.82) is 0 Å². The highest BCUT2D eigenvalue weighted by atomic mass is 79.9. The fraction of sp³-hybridized carbons (Fsp3) is 0.200. The molecule has 0 aliphatic carbocycles. The summed E-state index contributed by atoms with van der Waals surface area (Å²) in [5.41, 5.74) is 0.917. The summed E-state index contributed by atoms with van der Waals surface area (Å²) in [6.45, 7) is 3.20. The van der Waals surface area contributed by atoms with Crippen molar-refractivity contribution in [2.45, 2.75) is 6.43 Å². The summed E-state index contributed by atoms with van der Waals surface area (Å²) in [7, 11) is 1.43. The van der Waals surface area contributed by atoms with Crippen LogP contribution in [0, 0.1) is 5.82 Å². The molecule has 0 amide bonds. The van der Waals surface area contributed by atoms with Crippen LogP contribution in [0.3, 0.4) is 0 Å². The number of methoxy groups -OCH3 is 1. The van der Waals surface area contributed by atoms with E-state index in [9.17, 15) is 13.2 Å². The third-order valence-corrected chi connectivity index (χ3v) is 3.77. The van der Waals surface area contributed by atoms with Gasteiger partial charge in [-0.15, -0.1) is 0 Å². The molecule has 2 rings (SSSR count). The molecule has 2 nitrogen and oxygen atoms in total. The van der Waals surface area contributed by atoms with Crippen LogP contribution in [-0.4, -0.2) is 25.0 Å². The minimum Gasteiger partial charge on any atom is -0.497 e. The number of benzene rings is 1. The molecule has 1 aromatic rings. The molecule has 0 saturated carbocycles. The van der Waals surface area contributed by atoms with Crippen molar-refractivity contribution in [2.24, 2.45) is 0 Å². The van der Waals surface area contributed by atoms with Gasteiger partial charge in [0.25, 0.3) is 6.43 Å². The maximum Gasteiger partial charge on any atom is 0.256 e. The first-order valence-corrected chi connectivity index (χ1v) is 6.89. The maximum atomic E-state index is 14.2. The first-order valence-electron chi connectivity index (χ1n) is 6.10. The van der Waals surface area contributed by atoms with Crippen LogP contribution in [0.1, 0.15) is 5.56 Å². The number of rotatable bonds is 4. The highest BCUT2D eigenvalue weighted by Gasteiger charge is 2.24. The summed E-state index contributed by atoms with van der Waals surface area (Å²) in [5, 5.41) is 0. The van der Waals surface area contributed by atoms with E-state index >= 15 is 0 Å². The van der Waals surface area contributed by atoms with Gasteiger partial charge in [-0.05, 0) is 40.2 Å². The molecule has 0 spiro atoms. The van der Waals surface area contributed by atoms with E-state index in [1.54, 1.807) is 18.2 Å². The smallest absolute Gasteiger partial charge is 0.256 e. The fourth-order valence-electron chi connectivity index (χ4n) is 2.02. The Morgan fingerprint density at radius 2 is 2.05 bits per heavy atom. The lowest BCUT2D eigenvalue weighted by molar-refractivity contribution is 0.123. The van der Waals surface area contributed by atoms with Crippen molar-refractivity contribution < 1.29 is 17.9 Å². The van der Waals surface area contributed by atoms with E-state index in [0.29, 0.717) is 21.6 Å². The van der Waals surface area contributed by atoms with Gasteiger partial charge in [0, 0.05) is 21.8 Å². The Balaban J connectivity index is 2.46. The molecule has 0 atom stereocenters. The summed E-state index contributed by atoms with van der Waals surface area (Å²) < 4.78 is 45.2. The Bertz CT molecular complexity index is 625. The number of ether oxygens (including phenoxy) is 1. The van der Waals surface area contributed by atoms with Crippen molar-refractivity contribution >= 4 is 21.6 Å². The van der Waals surface area contributed by atoms with Crippen LogP contribution in [0.4, 0.5) is 13.2 Å². The van der Waals surface area contributed by atoms with Gasteiger partial charge in [0.05, 0.1) is 19.4 Å². The summed E-state index contributed by atoms with van der Waals surface area (Å²) in [4.78, 5) is 1.29. The predicted octanol–water partition coefficient (Wildman–Crippen LogP) is 4.55. The molecule has 1 heterocycles. The molecular weight excluding hydrogens is 347 g/mol. The van der Waals surface area contributed by atoms with Gasteiger partial charge in [-0.25, -0.2) is 13.2 Å². The molecule has 1 aliphatic rings. The van der Waals surface area contributed by atoms with Crippen LogP contribution in [0.5, 0.6) is 5.75 Å². The summed E-state index contributed by atoms with van der Waals surface area (Å²) in [6, 6.07) is 4.29. The van der Waals surface area contributed by atoms with Crippen molar-refractivity contribution in [3.63, 3.8) is 0 Å². The topological polar surface area (TPSA) is 12.5 Å². The minimum atomic E-state index is -2.56. The van der Waals surface area contributed by atoms with E-state index in [1.807, 2.05) is 0 Å². The van der Waals surface area contributed by atoms with Crippen LogP contribution in [0.2, 0.25) is 0 Å². The number of allylic oxidation sites excluding steroid dienone is 3. The second-order valence-corrected chi connectivity index (χ2v) is 5.22. The van der Waals surface area contributed by atoms with Gasteiger partial charge >= 0.3 is 0 Å². The molecule has 21 heavy (non-hydrogen) atoms. The quantitative estimate of drug-likeness (QED) is 0.781. The third-order valence-electron chi connectivity index (χ3n) is 3.05. The average molecular weight is 360 g/mol. The molecule has 0 saturated heterocycles. The van der Waals surface area contributed by atoms with Gasteiger partial charge in [0.1, 0.15) is 11.6 Å². The van der Waals surface area contributed by atoms with Gasteiger partial charge in [0.15, 0.2) is 0 Å². The van der Waals surface area contributed by atoms with E-state index in [2.05, 4.69) is 22.5 Å². The zero-order valence-corrected chi connectivity index (χ0v) is 12.8. The molecule has 0 radical (unpaired) electrons. The molecular formula is C15H13BrF3NO. The molecule has 0 aromatic heterocycles. The molecule has 1 aromatic carbocycles. The van der Waals surface area contributed by atoms with Gasteiger partial charge in [-0.3, -0.25) is 0 Å². The summed E-state index contributed by atoms with van der Waals surface area (Å²) >= 11 is 3.24. The van der Waals surface area contributed by atoms with Crippen LogP contribution < -0.4 is 4.74 Å². The zero-order valence-electron chi connectivity index (χ0n) is 11.2. The molecule has 0 N–H and O–H groups in total. The van der Waals surface area contributed by atoms with E-state index in [1.165, 1.54) is 24.1 Å². The number of hydrogen-bond acceptors (Lipinski definition) is 2.